The molecule has 0 saturated carbocycles. The third kappa shape index (κ3) is 4.57. The molecule has 2 N–H and O–H groups in total. The van der Waals surface area contributed by atoms with Crippen LogP contribution in [0.15, 0.2) is 84.9 Å². The molecule has 0 aromatic heterocycles. The Bertz CT molecular complexity index is 1150. The van der Waals surface area contributed by atoms with E-state index in [9.17, 15) is 14.4 Å². The van der Waals surface area contributed by atoms with Crippen LogP contribution in [0.5, 0.6) is 5.75 Å². The highest BCUT2D eigenvalue weighted by Crippen LogP contribution is 2.33. The van der Waals surface area contributed by atoms with Crippen LogP contribution >= 0.6 is 0 Å². The first kappa shape index (κ1) is 22.1. The fraction of sp³-hybridized carbons (Fsp3) is 0.192. The Morgan fingerprint density at radius 3 is 2.27 bits per heavy atom. The van der Waals surface area contributed by atoms with E-state index < -0.39 is 23.4 Å². The van der Waals surface area contributed by atoms with Gasteiger partial charge in [0.25, 0.3) is 5.91 Å². The number of carbonyl (C=O) groups excluding carboxylic acids is 3. The molecule has 1 atom stereocenters. The van der Waals surface area contributed by atoms with Crippen molar-refractivity contribution >= 4 is 17.8 Å². The van der Waals surface area contributed by atoms with Crippen molar-refractivity contribution in [3.8, 4) is 5.75 Å². The fourth-order valence-corrected chi connectivity index (χ4v) is 4.05. The minimum absolute atomic E-state index is 0.223. The number of rotatable bonds is 8. The van der Waals surface area contributed by atoms with Crippen molar-refractivity contribution in [2.45, 2.75) is 18.5 Å². The molecule has 4 amide bonds. The fourth-order valence-electron chi connectivity index (χ4n) is 4.05. The van der Waals surface area contributed by atoms with Crippen molar-refractivity contribution in [3.63, 3.8) is 0 Å². The molecule has 1 heterocycles. The second kappa shape index (κ2) is 9.56. The van der Waals surface area contributed by atoms with Crippen LogP contribution in [0, 0.1) is 0 Å². The highest BCUT2D eigenvalue weighted by Gasteiger charge is 2.52. The first-order valence-corrected chi connectivity index (χ1v) is 10.7. The Morgan fingerprint density at radius 2 is 1.58 bits per heavy atom. The van der Waals surface area contributed by atoms with Crippen LogP contribution in [0.4, 0.5) is 4.79 Å². The summed E-state index contributed by atoms with van der Waals surface area (Å²) in [6.45, 7) is -0.149. The quantitative estimate of drug-likeness (QED) is 0.524. The summed E-state index contributed by atoms with van der Waals surface area (Å²) in [5.41, 5.74) is 1.10. The molecule has 0 radical (unpaired) electrons. The molecular weight excluding hydrogens is 418 g/mol. The SMILES string of the molecule is COc1ccccc1CNC(=O)CN1C(=O)N[C@](Cc2ccccc2)(c2ccccc2)C1=O. The third-order valence-corrected chi connectivity index (χ3v) is 5.72. The maximum Gasteiger partial charge on any atom is 0.325 e. The Kier molecular flexibility index (Phi) is 6.40. The Morgan fingerprint density at radius 1 is 0.939 bits per heavy atom. The van der Waals surface area contributed by atoms with Crippen LogP contribution in [0.2, 0.25) is 0 Å². The summed E-state index contributed by atoms with van der Waals surface area (Å²) in [6, 6.07) is 25.3. The van der Waals surface area contributed by atoms with Gasteiger partial charge in [-0.1, -0.05) is 78.9 Å². The van der Waals surface area contributed by atoms with Crippen LogP contribution in [0.25, 0.3) is 0 Å². The molecule has 168 valence electrons. The lowest BCUT2D eigenvalue weighted by Gasteiger charge is -2.27. The Hall–Kier alpha value is -4.13. The topological polar surface area (TPSA) is 87.7 Å². The predicted molar refractivity (Wildman–Crippen MR) is 123 cm³/mol. The van der Waals surface area contributed by atoms with Gasteiger partial charge in [0.1, 0.15) is 12.3 Å². The van der Waals surface area contributed by atoms with E-state index in [0.717, 1.165) is 16.0 Å². The van der Waals surface area contributed by atoms with Gasteiger partial charge in [-0.05, 0) is 17.2 Å². The maximum absolute atomic E-state index is 13.6. The van der Waals surface area contributed by atoms with Crippen molar-refractivity contribution in [2.75, 3.05) is 13.7 Å². The summed E-state index contributed by atoms with van der Waals surface area (Å²) in [6.07, 6.45) is 0.280. The zero-order valence-corrected chi connectivity index (χ0v) is 18.3. The smallest absolute Gasteiger partial charge is 0.325 e. The summed E-state index contributed by atoms with van der Waals surface area (Å²) in [5.74, 6) is -0.235. The van der Waals surface area contributed by atoms with Gasteiger partial charge in [-0.3, -0.25) is 14.5 Å². The molecule has 33 heavy (non-hydrogen) atoms. The Balaban J connectivity index is 1.53. The molecule has 1 aliphatic rings. The van der Waals surface area contributed by atoms with E-state index in [0.29, 0.717) is 11.3 Å². The third-order valence-electron chi connectivity index (χ3n) is 5.72. The van der Waals surface area contributed by atoms with E-state index in [4.69, 9.17) is 4.74 Å². The highest BCUT2D eigenvalue weighted by atomic mass is 16.5. The van der Waals surface area contributed by atoms with Crippen LogP contribution in [0.1, 0.15) is 16.7 Å². The monoisotopic (exact) mass is 443 g/mol. The first-order chi connectivity index (χ1) is 16.0. The van der Waals surface area contributed by atoms with Gasteiger partial charge in [-0.15, -0.1) is 0 Å². The van der Waals surface area contributed by atoms with Crippen molar-refractivity contribution < 1.29 is 19.1 Å². The zero-order chi connectivity index (χ0) is 23.3. The lowest BCUT2D eigenvalue weighted by molar-refractivity contribution is -0.135. The molecule has 4 rings (SSSR count). The maximum atomic E-state index is 13.6. The number of hydrogen-bond acceptors (Lipinski definition) is 4. The van der Waals surface area contributed by atoms with Crippen molar-refractivity contribution in [1.29, 1.82) is 0 Å². The minimum atomic E-state index is -1.28. The summed E-state index contributed by atoms with van der Waals surface area (Å²) in [7, 11) is 1.56. The molecule has 3 aromatic carbocycles. The number of para-hydroxylation sites is 1. The van der Waals surface area contributed by atoms with Gasteiger partial charge in [0.05, 0.1) is 7.11 Å². The van der Waals surface area contributed by atoms with E-state index >= 15 is 0 Å². The number of benzene rings is 3. The van der Waals surface area contributed by atoms with Gasteiger partial charge in [0.15, 0.2) is 5.54 Å². The van der Waals surface area contributed by atoms with Crippen molar-refractivity contribution in [2.24, 2.45) is 0 Å². The molecule has 1 fully saturated rings. The van der Waals surface area contributed by atoms with Crippen LogP contribution in [0.3, 0.4) is 0 Å². The molecule has 1 saturated heterocycles. The molecular formula is C26H25N3O4. The van der Waals surface area contributed by atoms with Crippen molar-refractivity contribution in [1.82, 2.24) is 15.5 Å². The van der Waals surface area contributed by atoms with E-state index in [1.54, 1.807) is 13.2 Å². The molecule has 0 unspecified atom stereocenters. The highest BCUT2D eigenvalue weighted by molar-refractivity contribution is 6.09. The van der Waals surface area contributed by atoms with Crippen LogP contribution in [-0.4, -0.2) is 36.4 Å². The molecule has 7 heteroatoms. The number of nitrogens with zero attached hydrogens (tertiary/aromatic N) is 1. The van der Waals surface area contributed by atoms with Crippen LogP contribution < -0.4 is 15.4 Å². The predicted octanol–water partition coefficient (Wildman–Crippen LogP) is 3.00. The van der Waals surface area contributed by atoms with Gasteiger partial charge in [0.2, 0.25) is 5.91 Å². The van der Waals surface area contributed by atoms with Gasteiger partial charge in [-0.25, -0.2) is 4.79 Å². The average molecular weight is 444 g/mol. The zero-order valence-electron chi connectivity index (χ0n) is 18.3. The van der Waals surface area contributed by atoms with Gasteiger partial charge < -0.3 is 15.4 Å². The lowest BCUT2D eigenvalue weighted by atomic mass is 9.83. The normalized spacial score (nSPS) is 17.5. The number of ether oxygens (including phenoxy) is 1. The second-order valence-corrected chi connectivity index (χ2v) is 7.84. The van der Waals surface area contributed by atoms with Gasteiger partial charge in [-0.2, -0.15) is 0 Å². The van der Waals surface area contributed by atoms with Gasteiger partial charge in [0, 0.05) is 18.5 Å². The number of urea groups is 1. The van der Waals surface area contributed by atoms with Crippen molar-refractivity contribution in [3.05, 3.63) is 102 Å². The summed E-state index contributed by atoms with van der Waals surface area (Å²) in [5, 5.41) is 5.63. The number of carbonyl (C=O) groups is 3. The van der Waals surface area contributed by atoms with E-state index in [2.05, 4.69) is 10.6 Å². The molecule has 0 aliphatic carbocycles. The van der Waals surface area contributed by atoms with Crippen LogP contribution in [-0.2, 0) is 28.1 Å². The number of amides is 4. The number of methoxy groups -OCH3 is 1. The van der Waals surface area contributed by atoms with E-state index in [1.165, 1.54) is 0 Å². The Labute approximate surface area is 192 Å². The molecule has 0 spiro atoms. The molecule has 3 aromatic rings. The summed E-state index contributed by atoms with van der Waals surface area (Å²) >= 11 is 0. The second-order valence-electron chi connectivity index (χ2n) is 7.84. The summed E-state index contributed by atoms with van der Waals surface area (Å²) < 4.78 is 5.30. The lowest BCUT2D eigenvalue weighted by Crippen LogP contribution is -2.46. The van der Waals surface area contributed by atoms with E-state index in [1.807, 2.05) is 78.9 Å². The molecule has 0 bridgehead atoms. The number of imide groups is 1. The largest absolute Gasteiger partial charge is 0.496 e. The molecule has 7 nitrogen and oxygen atoms in total. The van der Waals surface area contributed by atoms with E-state index in [-0.39, 0.29) is 19.5 Å². The summed E-state index contributed by atoms with van der Waals surface area (Å²) in [4.78, 5) is 40.1. The average Bonchev–Trinajstić information content (AvgIpc) is 3.09. The van der Waals surface area contributed by atoms with Gasteiger partial charge >= 0.3 is 6.03 Å². The molecule has 1 aliphatic heterocycles. The first-order valence-electron chi connectivity index (χ1n) is 10.7. The minimum Gasteiger partial charge on any atom is -0.496 e. The standard InChI is InChI=1S/C26H25N3O4/c1-33-22-15-9-8-12-20(22)17-27-23(30)18-29-24(31)26(28-25(29)32,21-13-6-3-7-14-21)16-19-10-4-2-5-11-19/h2-15H,16-18H2,1H3,(H,27,30)(H,28,32)/t26-/m1/s1. The number of hydrogen-bond donors (Lipinski definition) is 2. The number of nitrogens with one attached hydrogen (secondary N) is 2.